The molecule has 2 aliphatic rings. The third-order valence-electron chi connectivity index (χ3n) is 4.25. The van der Waals surface area contributed by atoms with Crippen molar-refractivity contribution >= 4 is 5.82 Å². The van der Waals surface area contributed by atoms with Gasteiger partial charge in [0.25, 0.3) is 0 Å². The van der Waals surface area contributed by atoms with Gasteiger partial charge in [-0.2, -0.15) is 0 Å². The highest BCUT2D eigenvalue weighted by Gasteiger charge is 2.27. The number of rotatable bonds is 3. The van der Waals surface area contributed by atoms with Crippen molar-refractivity contribution in [3.05, 3.63) is 17.6 Å². The van der Waals surface area contributed by atoms with E-state index in [-0.39, 0.29) is 0 Å². The first-order valence-electron chi connectivity index (χ1n) is 7.52. The van der Waals surface area contributed by atoms with E-state index in [2.05, 4.69) is 34.0 Å². The van der Waals surface area contributed by atoms with Gasteiger partial charge in [-0.15, -0.1) is 0 Å². The molecule has 0 spiro atoms. The van der Waals surface area contributed by atoms with Crippen LogP contribution in [-0.2, 0) is 13.0 Å². The number of hydrogen-bond acceptors (Lipinski definition) is 4. The summed E-state index contributed by atoms with van der Waals surface area (Å²) in [6.07, 6.45) is 5.45. The minimum absolute atomic E-state index is 0.800. The van der Waals surface area contributed by atoms with Crippen LogP contribution in [0, 0.1) is 11.8 Å². The zero-order valence-electron chi connectivity index (χ0n) is 12.0. The van der Waals surface area contributed by atoms with Crippen molar-refractivity contribution in [2.45, 2.75) is 39.7 Å². The molecule has 0 bridgehead atoms. The summed E-state index contributed by atoms with van der Waals surface area (Å²) in [4.78, 5) is 11.5. The Labute approximate surface area is 115 Å². The molecule has 4 heteroatoms. The second kappa shape index (κ2) is 5.45. The normalized spacial score (nSPS) is 22.9. The molecule has 1 atom stereocenters. The Balaban J connectivity index is 1.76. The molecule has 3 heterocycles. The van der Waals surface area contributed by atoms with Gasteiger partial charge in [0.2, 0.25) is 0 Å². The smallest absolute Gasteiger partial charge is 0.135 e. The molecule has 0 saturated carbocycles. The van der Waals surface area contributed by atoms with Crippen LogP contribution >= 0.6 is 0 Å². The lowest BCUT2D eigenvalue weighted by Gasteiger charge is -2.25. The largest absolute Gasteiger partial charge is 0.356 e. The Hall–Kier alpha value is -1.16. The average molecular weight is 260 g/mol. The van der Waals surface area contributed by atoms with Crippen LogP contribution in [0.15, 0.2) is 6.33 Å². The average Bonchev–Trinajstić information content (AvgIpc) is 2.85. The number of nitrogens with one attached hydrogen (secondary N) is 1. The summed E-state index contributed by atoms with van der Waals surface area (Å²) in [5.41, 5.74) is 2.58. The van der Waals surface area contributed by atoms with Crippen LogP contribution < -0.4 is 10.2 Å². The molecule has 0 aliphatic carbocycles. The van der Waals surface area contributed by atoms with Crippen LogP contribution in [0.4, 0.5) is 5.82 Å². The minimum Gasteiger partial charge on any atom is -0.356 e. The van der Waals surface area contributed by atoms with Crippen molar-refractivity contribution in [2.24, 2.45) is 11.8 Å². The van der Waals surface area contributed by atoms with Crippen LogP contribution in [-0.4, -0.2) is 29.6 Å². The summed E-state index contributed by atoms with van der Waals surface area (Å²) < 4.78 is 0. The van der Waals surface area contributed by atoms with E-state index >= 15 is 0 Å². The van der Waals surface area contributed by atoms with Crippen LogP contribution in [0.3, 0.4) is 0 Å². The third kappa shape index (κ3) is 2.73. The lowest BCUT2D eigenvalue weighted by atomic mass is 9.97. The van der Waals surface area contributed by atoms with Crippen LogP contribution in [0.5, 0.6) is 0 Å². The van der Waals surface area contributed by atoms with Crippen molar-refractivity contribution in [3.63, 3.8) is 0 Å². The highest BCUT2D eigenvalue weighted by Crippen LogP contribution is 2.30. The molecule has 1 fully saturated rings. The molecular weight excluding hydrogens is 236 g/mol. The number of anilines is 1. The molecular formula is C15H24N4. The predicted octanol–water partition coefficient (Wildman–Crippen LogP) is 1.99. The summed E-state index contributed by atoms with van der Waals surface area (Å²) >= 11 is 0. The predicted molar refractivity (Wildman–Crippen MR) is 77.2 cm³/mol. The Kier molecular flexibility index (Phi) is 3.69. The highest BCUT2D eigenvalue weighted by molar-refractivity contribution is 5.50. The van der Waals surface area contributed by atoms with Crippen LogP contribution in [0.2, 0.25) is 0 Å². The lowest BCUT2D eigenvalue weighted by molar-refractivity contribution is 0.441. The molecule has 1 N–H and O–H groups in total. The van der Waals surface area contributed by atoms with Crippen molar-refractivity contribution < 1.29 is 0 Å². The van der Waals surface area contributed by atoms with E-state index in [1.165, 1.54) is 36.5 Å². The molecule has 1 aromatic heterocycles. The van der Waals surface area contributed by atoms with E-state index in [1.807, 2.05) is 0 Å². The molecule has 3 rings (SSSR count). The number of hydrogen-bond donors (Lipinski definition) is 1. The Morgan fingerprint density at radius 1 is 1.42 bits per heavy atom. The number of aromatic nitrogens is 2. The summed E-state index contributed by atoms with van der Waals surface area (Å²) in [6, 6.07) is 0. The SMILES string of the molecule is CC(C)C[C@@H]1CCN(c2ncnc3c2CCNC3)C1. The molecule has 0 unspecified atom stereocenters. The fraction of sp³-hybridized carbons (Fsp3) is 0.733. The van der Waals surface area contributed by atoms with Gasteiger partial charge in [-0.3, -0.25) is 0 Å². The summed E-state index contributed by atoms with van der Waals surface area (Å²) in [7, 11) is 0. The molecule has 0 amide bonds. The fourth-order valence-corrected chi connectivity index (χ4v) is 3.42. The van der Waals surface area contributed by atoms with Gasteiger partial charge in [-0.1, -0.05) is 13.8 Å². The zero-order valence-corrected chi connectivity index (χ0v) is 12.0. The highest BCUT2D eigenvalue weighted by atomic mass is 15.2. The van der Waals surface area contributed by atoms with E-state index in [1.54, 1.807) is 6.33 Å². The Morgan fingerprint density at radius 3 is 3.16 bits per heavy atom. The maximum absolute atomic E-state index is 4.57. The topological polar surface area (TPSA) is 41.1 Å². The number of fused-ring (bicyclic) bond motifs is 1. The zero-order chi connectivity index (χ0) is 13.2. The van der Waals surface area contributed by atoms with E-state index in [0.29, 0.717) is 0 Å². The molecule has 0 radical (unpaired) electrons. The second-order valence-electron chi connectivity index (χ2n) is 6.28. The van der Waals surface area contributed by atoms with Crippen molar-refractivity contribution in [3.8, 4) is 0 Å². The molecule has 1 aromatic rings. The Bertz CT molecular complexity index is 444. The van der Waals surface area contributed by atoms with Crippen LogP contribution in [0.25, 0.3) is 0 Å². The minimum atomic E-state index is 0.800. The maximum Gasteiger partial charge on any atom is 0.135 e. The van der Waals surface area contributed by atoms with Gasteiger partial charge < -0.3 is 10.2 Å². The first-order valence-corrected chi connectivity index (χ1v) is 7.52. The monoisotopic (exact) mass is 260 g/mol. The third-order valence-corrected chi connectivity index (χ3v) is 4.25. The fourth-order valence-electron chi connectivity index (χ4n) is 3.42. The molecule has 1 saturated heterocycles. The summed E-state index contributed by atoms with van der Waals surface area (Å²) in [5, 5.41) is 3.38. The first kappa shape index (κ1) is 12.9. The van der Waals surface area contributed by atoms with Crippen molar-refractivity contribution in [1.82, 2.24) is 15.3 Å². The molecule has 19 heavy (non-hydrogen) atoms. The van der Waals surface area contributed by atoms with Gasteiger partial charge in [0, 0.05) is 25.2 Å². The van der Waals surface area contributed by atoms with E-state index in [9.17, 15) is 0 Å². The molecule has 4 nitrogen and oxygen atoms in total. The van der Waals surface area contributed by atoms with Gasteiger partial charge >= 0.3 is 0 Å². The quantitative estimate of drug-likeness (QED) is 0.902. The van der Waals surface area contributed by atoms with Gasteiger partial charge in [0.15, 0.2) is 0 Å². The second-order valence-corrected chi connectivity index (χ2v) is 6.28. The number of nitrogens with zero attached hydrogens (tertiary/aromatic N) is 3. The molecule has 0 aromatic carbocycles. The molecule has 104 valence electrons. The van der Waals surface area contributed by atoms with E-state index in [0.717, 1.165) is 37.9 Å². The Morgan fingerprint density at radius 2 is 2.32 bits per heavy atom. The van der Waals surface area contributed by atoms with Crippen molar-refractivity contribution in [1.29, 1.82) is 0 Å². The lowest BCUT2D eigenvalue weighted by Crippen LogP contribution is -2.29. The van der Waals surface area contributed by atoms with E-state index < -0.39 is 0 Å². The standard InChI is InChI=1S/C15H24N4/c1-11(2)7-12-4-6-19(9-12)15-13-3-5-16-8-14(13)17-10-18-15/h10-12,16H,3-9H2,1-2H3/t12-/m0/s1. The van der Waals surface area contributed by atoms with Crippen LogP contribution in [0.1, 0.15) is 37.9 Å². The van der Waals surface area contributed by atoms with Gasteiger partial charge in [-0.25, -0.2) is 9.97 Å². The van der Waals surface area contributed by atoms with Gasteiger partial charge in [0.1, 0.15) is 12.1 Å². The van der Waals surface area contributed by atoms with Crippen molar-refractivity contribution in [2.75, 3.05) is 24.5 Å². The van der Waals surface area contributed by atoms with E-state index in [4.69, 9.17) is 0 Å². The van der Waals surface area contributed by atoms with Gasteiger partial charge in [0.05, 0.1) is 5.69 Å². The summed E-state index contributed by atoms with van der Waals surface area (Å²) in [5.74, 6) is 2.85. The first-order chi connectivity index (χ1) is 9.24. The maximum atomic E-state index is 4.57. The van der Waals surface area contributed by atoms with Gasteiger partial charge in [-0.05, 0) is 37.6 Å². The molecule has 2 aliphatic heterocycles. The summed E-state index contributed by atoms with van der Waals surface area (Å²) in [6.45, 7) is 8.93.